The van der Waals surface area contributed by atoms with Crippen LogP contribution in [-0.4, -0.2) is 18.6 Å². The number of rotatable bonds is 2. The molecule has 0 bridgehead atoms. The molecule has 1 aliphatic carbocycles. The Morgan fingerprint density at radius 3 is 3.27 bits per heavy atom. The van der Waals surface area contributed by atoms with Crippen molar-refractivity contribution >= 4 is 17.3 Å². The van der Waals surface area contributed by atoms with E-state index in [0.717, 1.165) is 24.1 Å². The zero-order chi connectivity index (χ0) is 10.8. The van der Waals surface area contributed by atoms with Crippen LogP contribution in [-0.2, 0) is 17.6 Å². The van der Waals surface area contributed by atoms with E-state index in [2.05, 4.69) is 0 Å². The Bertz CT molecular complexity index is 373. The summed E-state index contributed by atoms with van der Waals surface area (Å²) < 4.78 is 4.97. The van der Waals surface area contributed by atoms with E-state index < -0.39 is 0 Å². The molecule has 2 N–H and O–H groups in total. The summed E-state index contributed by atoms with van der Waals surface area (Å²) in [5, 5.41) is 0. The van der Waals surface area contributed by atoms with Crippen molar-refractivity contribution in [3.05, 3.63) is 21.4 Å². The highest BCUT2D eigenvalue weighted by Crippen LogP contribution is 2.29. The van der Waals surface area contributed by atoms with Crippen LogP contribution in [0.1, 0.15) is 33.5 Å². The molecule has 1 unspecified atom stereocenters. The molecule has 1 atom stereocenters. The molecule has 3 nitrogen and oxygen atoms in total. The van der Waals surface area contributed by atoms with E-state index in [1.165, 1.54) is 10.4 Å². The van der Waals surface area contributed by atoms with Crippen molar-refractivity contribution in [3.63, 3.8) is 0 Å². The number of carbonyl (C=O) groups excluding carboxylic acids is 1. The molecular weight excluding hydrogens is 210 g/mol. The Hall–Kier alpha value is -0.870. The monoisotopic (exact) mass is 225 g/mol. The van der Waals surface area contributed by atoms with Crippen LogP contribution in [0, 0.1) is 0 Å². The van der Waals surface area contributed by atoms with Crippen molar-refractivity contribution in [2.24, 2.45) is 5.73 Å². The summed E-state index contributed by atoms with van der Waals surface area (Å²) in [4.78, 5) is 13.5. The van der Waals surface area contributed by atoms with Crippen LogP contribution < -0.4 is 5.73 Å². The highest BCUT2D eigenvalue weighted by Gasteiger charge is 2.21. The fourth-order valence-corrected chi connectivity index (χ4v) is 2.96. The number of aryl methyl sites for hydroxylation is 1. The topological polar surface area (TPSA) is 52.3 Å². The molecule has 0 spiro atoms. The van der Waals surface area contributed by atoms with Gasteiger partial charge >= 0.3 is 5.97 Å². The second-order valence-corrected chi connectivity index (χ2v) is 4.92. The zero-order valence-corrected chi connectivity index (χ0v) is 9.60. The van der Waals surface area contributed by atoms with E-state index in [1.54, 1.807) is 11.3 Å². The molecule has 15 heavy (non-hydrogen) atoms. The van der Waals surface area contributed by atoms with Gasteiger partial charge in [-0.15, -0.1) is 11.3 Å². The third-order valence-corrected chi connectivity index (χ3v) is 3.81. The molecule has 1 aliphatic rings. The van der Waals surface area contributed by atoms with Crippen molar-refractivity contribution < 1.29 is 9.53 Å². The minimum Gasteiger partial charge on any atom is -0.462 e. The molecule has 4 heteroatoms. The fourth-order valence-electron chi connectivity index (χ4n) is 1.85. The lowest BCUT2D eigenvalue weighted by molar-refractivity contribution is 0.0532. The van der Waals surface area contributed by atoms with Gasteiger partial charge in [0.1, 0.15) is 4.88 Å². The van der Waals surface area contributed by atoms with Gasteiger partial charge in [0, 0.05) is 10.9 Å². The Labute approximate surface area is 93.2 Å². The van der Waals surface area contributed by atoms with Gasteiger partial charge in [-0.05, 0) is 37.8 Å². The van der Waals surface area contributed by atoms with Gasteiger partial charge in [-0.3, -0.25) is 0 Å². The number of thiophene rings is 1. The summed E-state index contributed by atoms with van der Waals surface area (Å²) in [6.07, 6.45) is 2.92. The van der Waals surface area contributed by atoms with Gasteiger partial charge in [0.15, 0.2) is 0 Å². The minimum atomic E-state index is -0.203. The Balaban J connectivity index is 2.19. The molecule has 2 rings (SSSR count). The van der Waals surface area contributed by atoms with Crippen molar-refractivity contribution in [2.75, 3.05) is 6.61 Å². The maximum absolute atomic E-state index is 11.5. The molecule has 82 valence electrons. The quantitative estimate of drug-likeness (QED) is 0.780. The minimum absolute atomic E-state index is 0.203. The zero-order valence-electron chi connectivity index (χ0n) is 8.79. The number of nitrogens with two attached hydrogens (primary N) is 1. The molecule has 1 aromatic heterocycles. The molecular formula is C11H15NO2S. The van der Waals surface area contributed by atoms with Crippen LogP contribution in [0.25, 0.3) is 0 Å². The first-order valence-corrected chi connectivity index (χ1v) is 6.06. The van der Waals surface area contributed by atoms with Crippen LogP contribution in [0.5, 0.6) is 0 Å². The first-order valence-electron chi connectivity index (χ1n) is 5.25. The molecule has 1 heterocycles. The second kappa shape index (κ2) is 4.33. The summed E-state index contributed by atoms with van der Waals surface area (Å²) in [5.41, 5.74) is 7.12. The number of esters is 1. The highest BCUT2D eigenvalue weighted by molar-refractivity contribution is 7.14. The third kappa shape index (κ3) is 2.21. The Kier molecular flexibility index (Phi) is 3.07. The van der Waals surface area contributed by atoms with Gasteiger partial charge in [0.2, 0.25) is 0 Å². The van der Waals surface area contributed by atoms with Crippen molar-refractivity contribution in [1.29, 1.82) is 0 Å². The number of ether oxygens (including phenoxy) is 1. The van der Waals surface area contributed by atoms with Crippen molar-refractivity contribution in [1.82, 2.24) is 0 Å². The van der Waals surface area contributed by atoms with Gasteiger partial charge in [-0.25, -0.2) is 4.79 Å². The van der Waals surface area contributed by atoms with Gasteiger partial charge < -0.3 is 10.5 Å². The normalized spacial score (nSPS) is 19.7. The third-order valence-electron chi connectivity index (χ3n) is 2.60. The highest BCUT2D eigenvalue weighted by atomic mass is 32.1. The van der Waals surface area contributed by atoms with Crippen molar-refractivity contribution in [2.45, 2.75) is 32.2 Å². The number of hydrogen-bond acceptors (Lipinski definition) is 4. The lowest BCUT2D eigenvalue weighted by Gasteiger charge is -2.17. The lowest BCUT2D eigenvalue weighted by Crippen LogP contribution is -2.26. The average molecular weight is 225 g/mol. The first kappa shape index (κ1) is 10.6. The predicted octanol–water partition coefficient (Wildman–Crippen LogP) is 1.74. The van der Waals surface area contributed by atoms with Gasteiger partial charge in [0.25, 0.3) is 0 Å². The maximum Gasteiger partial charge on any atom is 0.348 e. The van der Waals surface area contributed by atoms with Crippen LogP contribution in [0.2, 0.25) is 0 Å². The lowest BCUT2D eigenvalue weighted by atomic mass is 9.95. The number of hydrogen-bond donors (Lipinski definition) is 1. The summed E-state index contributed by atoms with van der Waals surface area (Å²) in [5.74, 6) is -0.203. The van der Waals surface area contributed by atoms with Gasteiger partial charge in [-0.1, -0.05) is 0 Å². The van der Waals surface area contributed by atoms with Crippen LogP contribution >= 0.6 is 11.3 Å². The largest absolute Gasteiger partial charge is 0.462 e. The number of fused-ring (bicyclic) bond motifs is 1. The van der Waals surface area contributed by atoms with E-state index >= 15 is 0 Å². The van der Waals surface area contributed by atoms with E-state index in [9.17, 15) is 4.79 Å². The van der Waals surface area contributed by atoms with Gasteiger partial charge in [-0.2, -0.15) is 0 Å². The number of carbonyl (C=O) groups is 1. The summed E-state index contributed by atoms with van der Waals surface area (Å²) in [6.45, 7) is 2.25. The van der Waals surface area contributed by atoms with E-state index in [0.29, 0.717) is 6.61 Å². The molecule has 0 aliphatic heterocycles. The summed E-state index contributed by atoms with van der Waals surface area (Å²) >= 11 is 1.56. The van der Waals surface area contributed by atoms with E-state index in [1.807, 2.05) is 13.0 Å². The second-order valence-electron chi connectivity index (χ2n) is 3.78. The molecule has 0 saturated carbocycles. The fraction of sp³-hybridized carbons (Fsp3) is 0.545. The Morgan fingerprint density at radius 2 is 2.53 bits per heavy atom. The van der Waals surface area contributed by atoms with Crippen LogP contribution in [0.4, 0.5) is 0 Å². The molecule has 0 radical (unpaired) electrons. The summed E-state index contributed by atoms with van der Waals surface area (Å²) in [7, 11) is 0. The first-order chi connectivity index (χ1) is 7.20. The maximum atomic E-state index is 11.5. The predicted molar refractivity (Wildman–Crippen MR) is 60.3 cm³/mol. The molecule has 0 saturated heterocycles. The molecule has 0 aromatic carbocycles. The van der Waals surface area contributed by atoms with Crippen LogP contribution in [0.3, 0.4) is 0 Å². The average Bonchev–Trinajstić information content (AvgIpc) is 2.60. The van der Waals surface area contributed by atoms with E-state index in [4.69, 9.17) is 10.5 Å². The smallest absolute Gasteiger partial charge is 0.348 e. The van der Waals surface area contributed by atoms with Crippen LogP contribution in [0.15, 0.2) is 6.07 Å². The van der Waals surface area contributed by atoms with E-state index in [-0.39, 0.29) is 12.0 Å². The van der Waals surface area contributed by atoms with Gasteiger partial charge in [0.05, 0.1) is 6.61 Å². The molecule has 1 aromatic rings. The SMILES string of the molecule is CCOC(=O)c1cc2c(s1)CCC(N)C2. The molecule has 0 fully saturated rings. The van der Waals surface area contributed by atoms with Crippen molar-refractivity contribution in [3.8, 4) is 0 Å². The summed E-state index contributed by atoms with van der Waals surface area (Å²) in [6, 6.07) is 2.19. The molecule has 0 amide bonds. The standard InChI is InChI=1S/C11H15NO2S/c1-2-14-11(13)10-6-7-5-8(12)3-4-9(7)15-10/h6,8H,2-5,12H2,1H3. The Morgan fingerprint density at radius 1 is 1.73 bits per heavy atom.